The second-order valence-corrected chi connectivity index (χ2v) is 4.29. The Bertz CT molecular complexity index is 342. The average Bonchev–Trinajstić information content (AvgIpc) is 2.28. The molecule has 4 heteroatoms. The van der Waals surface area contributed by atoms with Crippen LogP contribution in [0.5, 0.6) is 0 Å². The molecule has 1 saturated heterocycles. The predicted octanol–water partition coefficient (Wildman–Crippen LogP) is 2.00. The van der Waals surface area contributed by atoms with E-state index in [4.69, 9.17) is 5.11 Å². The maximum atomic E-state index is 13.0. The molecule has 0 amide bonds. The number of benzene rings is 1. The van der Waals surface area contributed by atoms with Crippen LogP contribution >= 0.6 is 0 Å². The van der Waals surface area contributed by atoms with Gasteiger partial charge in [0.2, 0.25) is 0 Å². The van der Waals surface area contributed by atoms with Crippen molar-refractivity contribution in [2.75, 3.05) is 13.2 Å². The first kappa shape index (κ1) is 11.5. The van der Waals surface area contributed by atoms with Crippen molar-refractivity contribution in [2.45, 2.75) is 18.9 Å². The normalized spacial score (nSPS) is 25.7. The van der Waals surface area contributed by atoms with Crippen LogP contribution in [0.25, 0.3) is 0 Å². The van der Waals surface area contributed by atoms with Crippen LogP contribution in [0.1, 0.15) is 24.4 Å². The summed E-state index contributed by atoms with van der Waals surface area (Å²) >= 11 is 0. The molecule has 1 aliphatic rings. The molecule has 1 aromatic rings. The minimum atomic E-state index is -0.541. The van der Waals surface area contributed by atoms with Crippen LogP contribution < -0.4 is 5.32 Å². The second-order valence-electron chi connectivity index (χ2n) is 4.29. The van der Waals surface area contributed by atoms with Crippen molar-refractivity contribution in [3.8, 4) is 0 Å². The molecule has 88 valence electrons. The van der Waals surface area contributed by atoms with Crippen LogP contribution in [0.4, 0.5) is 8.78 Å². The van der Waals surface area contributed by atoms with Crippen LogP contribution in [-0.4, -0.2) is 18.3 Å². The van der Waals surface area contributed by atoms with E-state index in [9.17, 15) is 8.78 Å². The molecule has 1 fully saturated rings. The van der Waals surface area contributed by atoms with Gasteiger partial charge in [-0.25, -0.2) is 8.78 Å². The molecule has 2 N–H and O–H groups in total. The van der Waals surface area contributed by atoms with E-state index in [0.717, 1.165) is 18.9 Å². The first-order valence-electron chi connectivity index (χ1n) is 5.49. The molecule has 0 saturated carbocycles. The van der Waals surface area contributed by atoms with E-state index in [2.05, 4.69) is 5.32 Å². The lowest BCUT2D eigenvalue weighted by molar-refractivity contribution is 0.183. The van der Waals surface area contributed by atoms with Crippen molar-refractivity contribution < 1.29 is 13.9 Å². The van der Waals surface area contributed by atoms with E-state index in [1.54, 1.807) is 0 Å². The van der Waals surface area contributed by atoms with E-state index in [-0.39, 0.29) is 18.6 Å². The standard InChI is InChI=1S/C12H15F2NO/c13-10-3-9(4-11(14)5-10)12-2-1-8(7-16)6-15-12/h3-5,8,12,15-16H,1-2,6-7H2. The smallest absolute Gasteiger partial charge is 0.126 e. The summed E-state index contributed by atoms with van der Waals surface area (Å²) in [6, 6.07) is 3.59. The summed E-state index contributed by atoms with van der Waals surface area (Å²) in [4.78, 5) is 0. The van der Waals surface area contributed by atoms with Gasteiger partial charge >= 0.3 is 0 Å². The zero-order chi connectivity index (χ0) is 11.5. The van der Waals surface area contributed by atoms with Crippen molar-refractivity contribution in [2.24, 2.45) is 5.92 Å². The summed E-state index contributed by atoms with van der Waals surface area (Å²) in [7, 11) is 0. The van der Waals surface area contributed by atoms with Gasteiger partial charge in [0.05, 0.1) is 0 Å². The van der Waals surface area contributed by atoms with Crippen molar-refractivity contribution >= 4 is 0 Å². The van der Waals surface area contributed by atoms with Crippen molar-refractivity contribution in [1.29, 1.82) is 0 Å². The number of nitrogens with one attached hydrogen (secondary N) is 1. The number of hydrogen-bond acceptors (Lipinski definition) is 2. The Morgan fingerprint density at radius 1 is 1.19 bits per heavy atom. The van der Waals surface area contributed by atoms with Gasteiger partial charge in [-0.05, 0) is 36.5 Å². The summed E-state index contributed by atoms with van der Waals surface area (Å²) < 4.78 is 26.0. The number of aliphatic hydroxyl groups excluding tert-OH is 1. The van der Waals surface area contributed by atoms with Gasteiger partial charge in [0.15, 0.2) is 0 Å². The highest BCUT2D eigenvalue weighted by molar-refractivity contribution is 5.21. The minimum absolute atomic E-state index is 0.00648. The summed E-state index contributed by atoms with van der Waals surface area (Å²) in [6.45, 7) is 0.858. The number of halogens is 2. The van der Waals surface area contributed by atoms with Crippen LogP contribution in [-0.2, 0) is 0 Å². The Labute approximate surface area is 93.3 Å². The summed E-state index contributed by atoms with van der Waals surface area (Å²) in [5.41, 5.74) is 0.647. The van der Waals surface area contributed by atoms with Gasteiger partial charge in [0, 0.05) is 25.3 Å². The Hall–Kier alpha value is -1.00. The molecular weight excluding hydrogens is 212 g/mol. The highest BCUT2D eigenvalue weighted by Gasteiger charge is 2.21. The third-order valence-corrected chi connectivity index (χ3v) is 3.06. The molecule has 0 spiro atoms. The van der Waals surface area contributed by atoms with Crippen molar-refractivity contribution in [3.63, 3.8) is 0 Å². The van der Waals surface area contributed by atoms with Gasteiger partial charge in [-0.3, -0.25) is 0 Å². The molecule has 2 nitrogen and oxygen atoms in total. The Kier molecular flexibility index (Phi) is 3.51. The van der Waals surface area contributed by atoms with Crippen molar-refractivity contribution in [3.05, 3.63) is 35.4 Å². The number of piperidine rings is 1. The van der Waals surface area contributed by atoms with E-state index < -0.39 is 11.6 Å². The van der Waals surface area contributed by atoms with E-state index in [0.29, 0.717) is 12.1 Å². The molecule has 0 bridgehead atoms. The number of hydrogen-bond donors (Lipinski definition) is 2. The summed E-state index contributed by atoms with van der Waals surface area (Å²) in [5, 5.41) is 12.2. The largest absolute Gasteiger partial charge is 0.396 e. The molecule has 1 aliphatic heterocycles. The van der Waals surface area contributed by atoms with Gasteiger partial charge in [-0.2, -0.15) is 0 Å². The lowest BCUT2D eigenvalue weighted by Crippen LogP contribution is -2.34. The molecule has 16 heavy (non-hydrogen) atoms. The summed E-state index contributed by atoms with van der Waals surface area (Å²) in [6.07, 6.45) is 1.68. The van der Waals surface area contributed by atoms with Crippen LogP contribution in [0.3, 0.4) is 0 Å². The van der Waals surface area contributed by atoms with E-state index in [1.165, 1.54) is 12.1 Å². The molecule has 0 radical (unpaired) electrons. The van der Waals surface area contributed by atoms with Crippen molar-refractivity contribution in [1.82, 2.24) is 5.32 Å². The Morgan fingerprint density at radius 3 is 2.38 bits per heavy atom. The minimum Gasteiger partial charge on any atom is -0.396 e. The Balaban J connectivity index is 2.08. The lowest BCUT2D eigenvalue weighted by atomic mass is 9.91. The third-order valence-electron chi connectivity index (χ3n) is 3.06. The fourth-order valence-corrected chi connectivity index (χ4v) is 2.13. The quantitative estimate of drug-likeness (QED) is 0.810. The fraction of sp³-hybridized carbons (Fsp3) is 0.500. The van der Waals surface area contributed by atoms with Crippen LogP contribution in [0, 0.1) is 17.6 Å². The highest BCUT2D eigenvalue weighted by atomic mass is 19.1. The van der Waals surface area contributed by atoms with Gasteiger partial charge < -0.3 is 10.4 Å². The monoisotopic (exact) mass is 227 g/mol. The van der Waals surface area contributed by atoms with Gasteiger partial charge in [-0.1, -0.05) is 0 Å². The van der Waals surface area contributed by atoms with Crippen LogP contribution in [0.2, 0.25) is 0 Å². The first-order chi connectivity index (χ1) is 7.69. The fourth-order valence-electron chi connectivity index (χ4n) is 2.13. The van der Waals surface area contributed by atoms with Crippen LogP contribution in [0.15, 0.2) is 18.2 Å². The third kappa shape index (κ3) is 2.57. The van der Waals surface area contributed by atoms with Gasteiger partial charge in [0.1, 0.15) is 11.6 Å². The van der Waals surface area contributed by atoms with Gasteiger partial charge in [0.25, 0.3) is 0 Å². The molecule has 2 rings (SSSR count). The molecule has 1 aromatic carbocycles. The lowest BCUT2D eigenvalue weighted by Gasteiger charge is -2.29. The van der Waals surface area contributed by atoms with Gasteiger partial charge in [-0.15, -0.1) is 0 Å². The molecule has 1 heterocycles. The SMILES string of the molecule is OCC1CCC(c2cc(F)cc(F)c2)NC1. The zero-order valence-corrected chi connectivity index (χ0v) is 8.92. The molecule has 2 unspecified atom stereocenters. The second kappa shape index (κ2) is 4.89. The molecule has 0 aliphatic carbocycles. The Morgan fingerprint density at radius 2 is 1.88 bits per heavy atom. The maximum Gasteiger partial charge on any atom is 0.126 e. The maximum absolute atomic E-state index is 13.0. The van der Waals surface area contributed by atoms with E-state index >= 15 is 0 Å². The molecule has 0 aromatic heterocycles. The summed E-state index contributed by atoms with van der Waals surface area (Å²) in [5.74, 6) is -0.822. The topological polar surface area (TPSA) is 32.3 Å². The molecular formula is C12H15F2NO. The number of aliphatic hydroxyl groups is 1. The highest BCUT2D eigenvalue weighted by Crippen LogP contribution is 2.26. The van der Waals surface area contributed by atoms with E-state index in [1.807, 2.05) is 0 Å². The zero-order valence-electron chi connectivity index (χ0n) is 8.92. The number of rotatable bonds is 2. The predicted molar refractivity (Wildman–Crippen MR) is 56.9 cm³/mol. The average molecular weight is 227 g/mol. The molecule has 2 atom stereocenters. The first-order valence-corrected chi connectivity index (χ1v) is 5.49.